The highest BCUT2D eigenvalue weighted by atomic mass is 14.9. The minimum Gasteiger partial charge on any atom is -0.397 e. The van der Waals surface area contributed by atoms with Gasteiger partial charge < -0.3 is 10.7 Å². The van der Waals surface area contributed by atoms with Crippen molar-refractivity contribution in [2.45, 2.75) is 6.92 Å². The van der Waals surface area contributed by atoms with E-state index >= 15 is 0 Å². The fraction of sp³-hybridized carbons (Fsp3) is 0.0833. The second-order valence-electron chi connectivity index (χ2n) is 3.74. The summed E-state index contributed by atoms with van der Waals surface area (Å²) in [5, 5.41) is 2.26. The molecule has 0 atom stereocenters. The van der Waals surface area contributed by atoms with Gasteiger partial charge in [0.05, 0.1) is 11.2 Å². The van der Waals surface area contributed by atoms with Gasteiger partial charge >= 0.3 is 0 Å². The predicted molar refractivity (Wildman–Crippen MR) is 62.7 cm³/mol. The average molecular weight is 197 g/mol. The molecule has 0 aliphatic carbocycles. The van der Waals surface area contributed by atoms with E-state index in [4.69, 9.17) is 5.73 Å². The van der Waals surface area contributed by atoms with Crippen LogP contribution in [-0.2, 0) is 0 Å². The van der Waals surface area contributed by atoms with Crippen LogP contribution in [0.5, 0.6) is 0 Å². The van der Waals surface area contributed by atoms with Gasteiger partial charge in [0.2, 0.25) is 0 Å². The van der Waals surface area contributed by atoms with Gasteiger partial charge in [0.25, 0.3) is 0 Å². The highest BCUT2D eigenvalue weighted by molar-refractivity contribution is 6.09. The number of anilines is 1. The van der Waals surface area contributed by atoms with Crippen LogP contribution in [0.3, 0.4) is 0 Å². The second kappa shape index (κ2) is 2.73. The Morgan fingerprint density at radius 3 is 2.87 bits per heavy atom. The summed E-state index contributed by atoms with van der Waals surface area (Å²) in [5.41, 5.74) is 9.56. The number of para-hydroxylation sites is 1. The minimum absolute atomic E-state index is 0.767. The molecule has 3 aromatic rings. The van der Waals surface area contributed by atoms with Crippen LogP contribution in [0.15, 0.2) is 30.3 Å². The standard InChI is InChI=1S/C12H11N3/c1-7-5-6-9-8-3-2-4-10(13)11(8)15-12(9)14-7/h2-6H,13H2,1H3,(H,14,15). The summed E-state index contributed by atoms with van der Waals surface area (Å²) in [6.45, 7) is 1.98. The maximum atomic E-state index is 5.90. The monoisotopic (exact) mass is 197 g/mol. The number of aryl methyl sites for hydroxylation is 1. The number of aromatic nitrogens is 2. The molecule has 3 rings (SSSR count). The zero-order valence-corrected chi connectivity index (χ0v) is 8.41. The maximum absolute atomic E-state index is 5.90. The molecule has 0 spiro atoms. The molecule has 3 heteroatoms. The van der Waals surface area contributed by atoms with Crippen molar-refractivity contribution in [3.05, 3.63) is 36.0 Å². The largest absolute Gasteiger partial charge is 0.397 e. The summed E-state index contributed by atoms with van der Waals surface area (Å²) >= 11 is 0. The van der Waals surface area contributed by atoms with E-state index in [1.165, 1.54) is 0 Å². The van der Waals surface area contributed by atoms with E-state index in [1.807, 2.05) is 25.1 Å². The molecule has 2 aromatic heterocycles. The van der Waals surface area contributed by atoms with Gasteiger partial charge in [-0.1, -0.05) is 12.1 Å². The van der Waals surface area contributed by atoms with Crippen LogP contribution in [0, 0.1) is 6.92 Å². The number of pyridine rings is 1. The van der Waals surface area contributed by atoms with Crippen molar-refractivity contribution in [2.75, 3.05) is 5.73 Å². The fourth-order valence-corrected chi connectivity index (χ4v) is 1.92. The van der Waals surface area contributed by atoms with Gasteiger partial charge in [-0.2, -0.15) is 0 Å². The number of rotatable bonds is 0. The number of nitrogens with one attached hydrogen (secondary N) is 1. The van der Waals surface area contributed by atoms with E-state index in [0.29, 0.717) is 0 Å². The van der Waals surface area contributed by atoms with Crippen molar-refractivity contribution in [1.82, 2.24) is 9.97 Å². The molecule has 2 heterocycles. The molecule has 0 bridgehead atoms. The Hall–Kier alpha value is -2.03. The van der Waals surface area contributed by atoms with Gasteiger partial charge in [-0.3, -0.25) is 0 Å². The van der Waals surface area contributed by atoms with Gasteiger partial charge in [-0.25, -0.2) is 4.98 Å². The van der Waals surface area contributed by atoms with Crippen LogP contribution in [-0.4, -0.2) is 9.97 Å². The first kappa shape index (κ1) is 8.29. The van der Waals surface area contributed by atoms with Crippen molar-refractivity contribution in [3.63, 3.8) is 0 Å². The van der Waals surface area contributed by atoms with Crippen LogP contribution < -0.4 is 5.73 Å². The first-order valence-electron chi connectivity index (χ1n) is 4.89. The summed E-state index contributed by atoms with van der Waals surface area (Å²) in [5.74, 6) is 0. The number of nitrogen functional groups attached to an aromatic ring is 1. The van der Waals surface area contributed by atoms with Gasteiger partial charge in [0, 0.05) is 16.5 Å². The van der Waals surface area contributed by atoms with Crippen LogP contribution in [0.1, 0.15) is 5.69 Å². The smallest absolute Gasteiger partial charge is 0.138 e. The Kier molecular flexibility index (Phi) is 1.51. The number of benzene rings is 1. The highest BCUT2D eigenvalue weighted by Crippen LogP contribution is 2.27. The second-order valence-corrected chi connectivity index (χ2v) is 3.74. The van der Waals surface area contributed by atoms with E-state index < -0.39 is 0 Å². The number of aromatic amines is 1. The van der Waals surface area contributed by atoms with Gasteiger partial charge in [0.15, 0.2) is 0 Å². The van der Waals surface area contributed by atoms with Crippen molar-refractivity contribution >= 4 is 27.6 Å². The third-order valence-electron chi connectivity index (χ3n) is 2.66. The molecule has 0 radical (unpaired) electrons. The Bertz CT molecular complexity index is 652. The maximum Gasteiger partial charge on any atom is 0.138 e. The molecular formula is C12H11N3. The van der Waals surface area contributed by atoms with Gasteiger partial charge in [-0.15, -0.1) is 0 Å². The Balaban J connectivity index is 2.57. The predicted octanol–water partition coefficient (Wildman–Crippen LogP) is 2.61. The average Bonchev–Trinajstić information content (AvgIpc) is 2.57. The Morgan fingerprint density at radius 2 is 2.00 bits per heavy atom. The topological polar surface area (TPSA) is 54.7 Å². The van der Waals surface area contributed by atoms with E-state index in [0.717, 1.165) is 33.3 Å². The molecule has 3 nitrogen and oxygen atoms in total. The summed E-state index contributed by atoms with van der Waals surface area (Å²) in [6.07, 6.45) is 0. The normalized spacial score (nSPS) is 11.3. The quantitative estimate of drug-likeness (QED) is 0.544. The molecule has 0 aliphatic rings. The van der Waals surface area contributed by atoms with E-state index in [-0.39, 0.29) is 0 Å². The lowest BCUT2D eigenvalue weighted by atomic mass is 10.2. The van der Waals surface area contributed by atoms with Crippen LogP contribution >= 0.6 is 0 Å². The number of fused-ring (bicyclic) bond motifs is 3. The Labute approximate surface area is 86.9 Å². The SMILES string of the molecule is Cc1ccc2c(n1)[nH]c1c(N)cccc12. The summed E-state index contributed by atoms with van der Waals surface area (Å²) in [7, 11) is 0. The lowest BCUT2D eigenvalue weighted by Gasteiger charge is -1.93. The van der Waals surface area contributed by atoms with Crippen molar-refractivity contribution in [1.29, 1.82) is 0 Å². The Morgan fingerprint density at radius 1 is 1.13 bits per heavy atom. The summed E-state index contributed by atoms with van der Waals surface area (Å²) in [6, 6.07) is 10.0. The van der Waals surface area contributed by atoms with Crippen molar-refractivity contribution < 1.29 is 0 Å². The molecule has 15 heavy (non-hydrogen) atoms. The number of nitrogens with two attached hydrogens (primary N) is 1. The molecule has 0 amide bonds. The first-order chi connectivity index (χ1) is 7.25. The molecule has 1 aromatic carbocycles. The lowest BCUT2D eigenvalue weighted by molar-refractivity contribution is 1.23. The fourth-order valence-electron chi connectivity index (χ4n) is 1.92. The van der Waals surface area contributed by atoms with E-state index in [9.17, 15) is 0 Å². The molecule has 0 aliphatic heterocycles. The number of hydrogen-bond donors (Lipinski definition) is 2. The molecule has 3 N–H and O–H groups in total. The third kappa shape index (κ3) is 1.09. The van der Waals surface area contributed by atoms with E-state index in [2.05, 4.69) is 22.1 Å². The zero-order chi connectivity index (χ0) is 10.4. The lowest BCUT2D eigenvalue weighted by Crippen LogP contribution is -1.84. The molecular weight excluding hydrogens is 186 g/mol. The molecule has 0 fully saturated rings. The summed E-state index contributed by atoms with van der Waals surface area (Å²) < 4.78 is 0. The molecule has 74 valence electrons. The van der Waals surface area contributed by atoms with Crippen molar-refractivity contribution in [2.24, 2.45) is 0 Å². The van der Waals surface area contributed by atoms with Crippen LogP contribution in [0.25, 0.3) is 21.9 Å². The molecule has 0 saturated carbocycles. The van der Waals surface area contributed by atoms with E-state index in [1.54, 1.807) is 0 Å². The molecule has 0 saturated heterocycles. The number of H-pyrrole nitrogens is 1. The minimum atomic E-state index is 0.767. The molecule has 0 unspecified atom stereocenters. The third-order valence-corrected chi connectivity index (χ3v) is 2.66. The van der Waals surface area contributed by atoms with Crippen molar-refractivity contribution in [3.8, 4) is 0 Å². The van der Waals surface area contributed by atoms with Crippen LogP contribution in [0.4, 0.5) is 5.69 Å². The van der Waals surface area contributed by atoms with Gasteiger partial charge in [-0.05, 0) is 25.1 Å². The zero-order valence-electron chi connectivity index (χ0n) is 8.41. The highest BCUT2D eigenvalue weighted by Gasteiger charge is 2.06. The van der Waals surface area contributed by atoms with Gasteiger partial charge in [0.1, 0.15) is 5.65 Å². The van der Waals surface area contributed by atoms with Crippen LogP contribution in [0.2, 0.25) is 0 Å². The summed E-state index contributed by atoms with van der Waals surface area (Å²) in [4.78, 5) is 7.69. The number of nitrogens with zero attached hydrogens (tertiary/aromatic N) is 1. The number of hydrogen-bond acceptors (Lipinski definition) is 2. The first-order valence-corrected chi connectivity index (χ1v) is 4.89.